The molecular weight excluding hydrogens is 214 g/mol. The van der Waals surface area contributed by atoms with Gasteiger partial charge in [0.05, 0.1) is 18.9 Å². The Morgan fingerprint density at radius 1 is 1.47 bits per heavy atom. The van der Waals surface area contributed by atoms with Crippen LogP contribution in [0.2, 0.25) is 0 Å². The number of rotatable bonds is 3. The third-order valence-corrected chi connectivity index (χ3v) is 3.03. The number of carbonyl (C=O) groups excluding carboxylic acids is 1. The Balaban J connectivity index is 2.51. The van der Waals surface area contributed by atoms with Gasteiger partial charge in [0.15, 0.2) is 6.29 Å². The number of aldehydes is 1. The van der Waals surface area contributed by atoms with Gasteiger partial charge in [0, 0.05) is 18.3 Å². The molecule has 1 aromatic heterocycles. The van der Waals surface area contributed by atoms with Crippen LogP contribution >= 0.6 is 0 Å². The monoisotopic (exact) mass is 231 g/mol. The van der Waals surface area contributed by atoms with Crippen molar-refractivity contribution in [3.63, 3.8) is 0 Å². The van der Waals surface area contributed by atoms with E-state index in [1.807, 2.05) is 32.2 Å². The summed E-state index contributed by atoms with van der Waals surface area (Å²) in [6, 6.07) is 1.93. The molecule has 0 saturated carbocycles. The van der Waals surface area contributed by atoms with E-state index in [-0.39, 0.29) is 0 Å². The molecule has 0 fully saturated rings. The fourth-order valence-corrected chi connectivity index (χ4v) is 2.21. The number of allylic oxidation sites excluding steroid dienone is 1. The molecule has 0 unspecified atom stereocenters. The lowest BCUT2D eigenvalue weighted by atomic mass is 10.0. The minimum Gasteiger partial charge on any atom is -0.377 e. The van der Waals surface area contributed by atoms with Gasteiger partial charge in [-0.15, -0.1) is 0 Å². The van der Waals surface area contributed by atoms with Gasteiger partial charge >= 0.3 is 0 Å². The van der Waals surface area contributed by atoms with Crippen molar-refractivity contribution in [1.82, 2.24) is 4.57 Å². The van der Waals surface area contributed by atoms with Crippen LogP contribution < -0.4 is 0 Å². The first-order valence-electron chi connectivity index (χ1n) is 5.82. The van der Waals surface area contributed by atoms with Gasteiger partial charge < -0.3 is 9.30 Å². The molecule has 0 atom stereocenters. The number of nitrogens with zero attached hydrogens (tertiary/aromatic N) is 1. The average Bonchev–Trinajstić information content (AvgIpc) is 2.68. The molecule has 3 nitrogen and oxygen atoms in total. The summed E-state index contributed by atoms with van der Waals surface area (Å²) in [6.07, 6.45) is 7.85. The number of hydrogen-bond donors (Lipinski definition) is 0. The molecule has 1 aromatic rings. The van der Waals surface area contributed by atoms with Crippen LogP contribution in [0.1, 0.15) is 35.1 Å². The molecule has 0 N–H and O–H groups in total. The predicted octanol–water partition coefficient (Wildman–Crippen LogP) is 2.67. The van der Waals surface area contributed by atoms with Crippen LogP contribution in [0.15, 0.2) is 18.2 Å². The first kappa shape index (κ1) is 11.9. The summed E-state index contributed by atoms with van der Waals surface area (Å²) in [6.45, 7) is 3.34. The Hall–Kier alpha value is -1.61. The minimum absolute atomic E-state index is 0.637. The molecule has 0 aliphatic carbocycles. The van der Waals surface area contributed by atoms with E-state index in [0.29, 0.717) is 6.61 Å². The van der Waals surface area contributed by atoms with Gasteiger partial charge in [-0.05, 0) is 31.1 Å². The third kappa shape index (κ3) is 2.24. The second-order valence-electron chi connectivity index (χ2n) is 4.10. The van der Waals surface area contributed by atoms with E-state index < -0.39 is 0 Å². The van der Waals surface area contributed by atoms with Crippen molar-refractivity contribution in [3.05, 3.63) is 35.2 Å². The summed E-state index contributed by atoms with van der Waals surface area (Å²) in [7, 11) is 1.99. The van der Waals surface area contributed by atoms with Crippen LogP contribution in [0, 0.1) is 0 Å². The highest BCUT2D eigenvalue weighted by atomic mass is 16.5. The lowest BCUT2D eigenvalue weighted by molar-refractivity contribution is 0.112. The molecule has 3 heteroatoms. The van der Waals surface area contributed by atoms with Gasteiger partial charge in [0.1, 0.15) is 0 Å². The summed E-state index contributed by atoms with van der Waals surface area (Å²) >= 11 is 0. The molecular formula is C14H17NO2. The topological polar surface area (TPSA) is 31.2 Å². The normalized spacial score (nSPS) is 16.2. The largest absolute Gasteiger partial charge is 0.377 e. The van der Waals surface area contributed by atoms with E-state index in [1.54, 1.807) is 0 Å². The maximum atomic E-state index is 11.1. The van der Waals surface area contributed by atoms with Gasteiger partial charge in [0.2, 0.25) is 0 Å². The number of hydrogen-bond acceptors (Lipinski definition) is 2. The van der Waals surface area contributed by atoms with Crippen LogP contribution in [0.3, 0.4) is 0 Å². The van der Waals surface area contributed by atoms with Crippen molar-refractivity contribution in [2.45, 2.75) is 13.3 Å². The third-order valence-electron chi connectivity index (χ3n) is 3.03. The van der Waals surface area contributed by atoms with Gasteiger partial charge in [0.25, 0.3) is 0 Å². The van der Waals surface area contributed by atoms with Gasteiger partial charge in [-0.3, -0.25) is 4.79 Å². The first-order chi connectivity index (χ1) is 8.27. The van der Waals surface area contributed by atoms with Crippen molar-refractivity contribution in [3.8, 4) is 0 Å². The number of ether oxygens (including phenoxy) is 1. The molecule has 2 rings (SSSR count). The van der Waals surface area contributed by atoms with Gasteiger partial charge in [-0.25, -0.2) is 0 Å². The summed E-state index contributed by atoms with van der Waals surface area (Å²) in [4.78, 5) is 11.1. The molecule has 0 bridgehead atoms. The standard InChI is InChI=1S/C14H17NO2/c1-3-4-13-9-12(10-16)14(15(13)2)11-5-7-17-8-6-11/h3-5,9-10H,6-8H2,1-2H3/b4-3-. The zero-order chi connectivity index (χ0) is 12.3. The average molecular weight is 231 g/mol. The highest BCUT2D eigenvalue weighted by molar-refractivity contribution is 5.86. The minimum atomic E-state index is 0.637. The van der Waals surface area contributed by atoms with Crippen LogP contribution in [-0.2, 0) is 11.8 Å². The van der Waals surface area contributed by atoms with Crippen molar-refractivity contribution < 1.29 is 9.53 Å². The quantitative estimate of drug-likeness (QED) is 0.749. The zero-order valence-corrected chi connectivity index (χ0v) is 10.3. The van der Waals surface area contributed by atoms with Gasteiger partial charge in [-0.1, -0.05) is 12.2 Å². The Labute approximate surface area is 101 Å². The van der Waals surface area contributed by atoms with Gasteiger partial charge in [-0.2, -0.15) is 0 Å². The zero-order valence-electron chi connectivity index (χ0n) is 10.3. The van der Waals surface area contributed by atoms with E-state index in [1.165, 1.54) is 5.57 Å². The second-order valence-corrected chi connectivity index (χ2v) is 4.10. The molecule has 0 saturated heterocycles. The highest BCUT2D eigenvalue weighted by Gasteiger charge is 2.16. The Kier molecular flexibility index (Phi) is 3.59. The Morgan fingerprint density at radius 3 is 2.88 bits per heavy atom. The summed E-state index contributed by atoms with van der Waals surface area (Å²) in [5.41, 5.74) is 4.04. The number of carbonyl (C=O) groups is 1. The smallest absolute Gasteiger partial charge is 0.152 e. The van der Waals surface area contributed by atoms with E-state index >= 15 is 0 Å². The van der Waals surface area contributed by atoms with Crippen molar-refractivity contribution in [2.75, 3.05) is 13.2 Å². The SMILES string of the molecule is C/C=C\c1cc(C=O)c(C2=CCOCC2)n1C. The molecule has 90 valence electrons. The Bertz CT molecular complexity index is 481. The van der Waals surface area contributed by atoms with Crippen LogP contribution in [0.25, 0.3) is 11.6 Å². The maximum Gasteiger partial charge on any atom is 0.152 e. The molecule has 0 amide bonds. The lowest BCUT2D eigenvalue weighted by Gasteiger charge is -2.15. The lowest BCUT2D eigenvalue weighted by Crippen LogP contribution is -2.08. The van der Waals surface area contributed by atoms with E-state index in [9.17, 15) is 4.79 Å². The van der Waals surface area contributed by atoms with Crippen molar-refractivity contribution in [2.24, 2.45) is 7.05 Å². The molecule has 1 aliphatic rings. The molecule has 0 aromatic carbocycles. The fraction of sp³-hybridized carbons (Fsp3) is 0.357. The van der Waals surface area contributed by atoms with Crippen LogP contribution in [0.5, 0.6) is 0 Å². The Morgan fingerprint density at radius 2 is 2.29 bits per heavy atom. The second kappa shape index (κ2) is 5.15. The van der Waals surface area contributed by atoms with Crippen LogP contribution in [-0.4, -0.2) is 24.1 Å². The molecule has 17 heavy (non-hydrogen) atoms. The van der Waals surface area contributed by atoms with Crippen molar-refractivity contribution in [1.29, 1.82) is 0 Å². The molecule has 2 heterocycles. The predicted molar refractivity (Wildman–Crippen MR) is 68.9 cm³/mol. The molecule has 1 aliphatic heterocycles. The van der Waals surface area contributed by atoms with E-state index in [0.717, 1.165) is 36.3 Å². The van der Waals surface area contributed by atoms with Crippen molar-refractivity contribution >= 4 is 17.9 Å². The highest BCUT2D eigenvalue weighted by Crippen LogP contribution is 2.26. The summed E-state index contributed by atoms with van der Waals surface area (Å²) in [5.74, 6) is 0. The summed E-state index contributed by atoms with van der Waals surface area (Å²) < 4.78 is 7.37. The molecule has 0 spiro atoms. The maximum absolute atomic E-state index is 11.1. The first-order valence-corrected chi connectivity index (χ1v) is 5.82. The van der Waals surface area contributed by atoms with Crippen LogP contribution in [0.4, 0.5) is 0 Å². The fourth-order valence-electron chi connectivity index (χ4n) is 2.21. The van der Waals surface area contributed by atoms with E-state index in [2.05, 4.69) is 10.6 Å². The van der Waals surface area contributed by atoms with E-state index in [4.69, 9.17) is 4.74 Å². The molecule has 0 radical (unpaired) electrons. The number of aromatic nitrogens is 1. The summed E-state index contributed by atoms with van der Waals surface area (Å²) in [5, 5.41) is 0.